The van der Waals surface area contributed by atoms with E-state index in [9.17, 15) is 21.9 Å². The molecular formula is C6H2ClF3NNaO2S. The van der Waals surface area contributed by atoms with Gasteiger partial charge in [-0.2, -0.15) is 13.2 Å². The SMILES string of the molecule is O=S([O-])c1cnc(Cl)cc1C(F)(F)F.[Na+]. The van der Waals surface area contributed by atoms with Gasteiger partial charge >= 0.3 is 35.7 Å². The second kappa shape index (κ2) is 5.60. The Morgan fingerprint density at radius 3 is 2.40 bits per heavy atom. The molecule has 1 unspecified atom stereocenters. The van der Waals surface area contributed by atoms with E-state index < -0.39 is 32.9 Å². The van der Waals surface area contributed by atoms with E-state index in [1.165, 1.54) is 0 Å². The maximum absolute atomic E-state index is 12.2. The molecule has 1 atom stereocenters. The van der Waals surface area contributed by atoms with Crippen molar-refractivity contribution in [1.29, 1.82) is 0 Å². The van der Waals surface area contributed by atoms with E-state index >= 15 is 0 Å². The van der Waals surface area contributed by atoms with Gasteiger partial charge in [0.05, 0.1) is 10.5 Å². The predicted octanol–water partition coefficient (Wildman–Crippen LogP) is -1.00. The van der Waals surface area contributed by atoms with Crippen LogP contribution in [0.2, 0.25) is 5.15 Å². The summed E-state index contributed by atoms with van der Waals surface area (Å²) in [4.78, 5) is 2.33. The van der Waals surface area contributed by atoms with Crippen molar-refractivity contribution in [2.24, 2.45) is 0 Å². The standard InChI is InChI=1S/C6H3ClF3NO2S.Na/c7-5-1-3(6(8,9)10)4(2-11-5)14(12)13;/h1-2H,(H,12,13);/q;+1/p-1. The van der Waals surface area contributed by atoms with Crippen LogP contribution in [-0.4, -0.2) is 13.7 Å². The van der Waals surface area contributed by atoms with Crippen molar-refractivity contribution in [1.82, 2.24) is 4.98 Å². The van der Waals surface area contributed by atoms with Crippen LogP contribution in [0.3, 0.4) is 0 Å². The average molecular weight is 268 g/mol. The summed E-state index contributed by atoms with van der Waals surface area (Å²) in [6.07, 6.45) is -4.20. The quantitative estimate of drug-likeness (QED) is 0.372. The number of hydrogen-bond donors (Lipinski definition) is 0. The molecule has 1 aromatic heterocycles. The molecule has 1 rings (SSSR count). The van der Waals surface area contributed by atoms with Gasteiger partial charge in [0.2, 0.25) is 0 Å². The molecule has 3 nitrogen and oxygen atoms in total. The molecule has 0 aliphatic heterocycles. The molecule has 0 aromatic carbocycles. The molecule has 0 amide bonds. The molecule has 0 bridgehead atoms. The van der Waals surface area contributed by atoms with Gasteiger partial charge in [-0.1, -0.05) is 11.6 Å². The third-order valence-electron chi connectivity index (χ3n) is 1.32. The Hall–Kier alpha value is 0.340. The van der Waals surface area contributed by atoms with Gasteiger partial charge in [0.15, 0.2) is 0 Å². The zero-order valence-electron chi connectivity index (χ0n) is 7.34. The molecule has 1 heterocycles. The molecule has 0 fully saturated rings. The Bertz CT molecular complexity index is 387. The summed E-state index contributed by atoms with van der Waals surface area (Å²) in [5.74, 6) is 0. The second-order valence-electron chi connectivity index (χ2n) is 2.24. The summed E-state index contributed by atoms with van der Waals surface area (Å²) in [6, 6.07) is 0.465. The van der Waals surface area contributed by atoms with Gasteiger partial charge < -0.3 is 4.55 Å². The largest absolute Gasteiger partial charge is 1.00 e. The van der Waals surface area contributed by atoms with Crippen LogP contribution in [0.4, 0.5) is 13.2 Å². The molecule has 0 radical (unpaired) electrons. The van der Waals surface area contributed by atoms with Gasteiger partial charge in [-0.05, 0) is 17.1 Å². The van der Waals surface area contributed by atoms with Crippen LogP contribution in [0.1, 0.15) is 5.56 Å². The number of nitrogens with zero attached hydrogens (tertiary/aromatic N) is 1. The van der Waals surface area contributed by atoms with Crippen LogP contribution < -0.4 is 29.6 Å². The summed E-state index contributed by atoms with van der Waals surface area (Å²) in [7, 11) is 0. The molecule has 0 aliphatic rings. The van der Waals surface area contributed by atoms with E-state index in [0.717, 1.165) is 0 Å². The third kappa shape index (κ3) is 4.01. The van der Waals surface area contributed by atoms with Gasteiger partial charge in [0.1, 0.15) is 5.15 Å². The topological polar surface area (TPSA) is 53.0 Å². The van der Waals surface area contributed by atoms with Crippen molar-refractivity contribution in [3.63, 3.8) is 0 Å². The van der Waals surface area contributed by atoms with E-state index in [1.807, 2.05) is 0 Å². The fraction of sp³-hybridized carbons (Fsp3) is 0.167. The molecule has 0 spiro atoms. The van der Waals surface area contributed by atoms with Crippen molar-refractivity contribution in [2.45, 2.75) is 11.1 Å². The Balaban J connectivity index is 0.00000196. The van der Waals surface area contributed by atoms with E-state index in [2.05, 4.69) is 4.98 Å². The van der Waals surface area contributed by atoms with Crippen LogP contribution in [-0.2, 0) is 17.3 Å². The fourth-order valence-corrected chi connectivity index (χ4v) is 1.42. The zero-order valence-corrected chi connectivity index (χ0v) is 10.9. The first kappa shape index (κ1) is 15.3. The first-order chi connectivity index (χ1) is 6.32. The molecule has 15 heavy (non-hydrogen) atoms. The minimum Gasteiger partial charge on any atom is -0.768 e. The predicted molar refractivity (Wildman–Crippen MR) is 41.4 cm³/mol. The summed E-state index contributed by atoms with van der Waals surface area (Å²) in [5.41, 5.74) is -1.31. The van der Waals surface area contributed by atoms with Gasteiger partial charge in [-0.25, -0.2) is 4.98 Å². The van der Waals surface area contributed by atoms with Crippen molar-refractivity contribution >= 4 is 22.7 Å². The normalized spacial score (nSPS) is 13.1. The summed E-state index contributed by atoms with van der Waals surface area (Å²) < 4.78 is 57.5. The number of aromatic nitrogens is 1. The third-order valence-corrected chi connectivity index (χ3v) is 2.21. The molecule has 0 aliphatic carbocycles. The molecule has 0 saturated carbocycles. The molecule has 9 heteroatoms. The van der Waals surface area contributed by atoms with Crippen LogP contribution in [0.25, 0.3) is 0 Å². The monoisotopic (exact) mass is 267 g/mol. The van der Waals surface area contributed by atoms with E-state index in [4.69, 9.17) is 11.6 Å². The van der Waals surface area contributed by atoms with Gasteiger partial charge in [-0.15, -0.1) is 0 Å². The van der Waals surface area contributed by atoms with Crippen LogP contribution in [0.5, 0.6) is 0 Å². The molecule has 0 N–H and O–H groups in total. The first-order valence-corrected chi connectivity index (χ1v) is 4.59. The zero-order chi connectivity index (χ0) is 10.9. The van der Waals surface area contributed by atoms with Crippen molar-refractivity contribution in [3.8, 4) is 0 Å². The summed E-state index contributed by atoms with van der Waals surface area (Å²) in [5, 5.41) is -0.411. The van der Waals surface area contributed by atoms with Crippen LogP contribution >= 0.6 is 11.6 Å². The fourth-order valence-electron chi connectivity index (χ4n) is 0.772. The number of alkyl halides is 3. The van der Waals surface area contributed by atoms with Gasteiger partial charge in [0, 0.05) is 6.20 Å². The number of hydrogen-bond acceptors (Lipinski definition) is 3. The summed E-state index contributed by atoms with van der Waals surface area (Å²) >= 11 is 2.23. The van der Waals surface area contributed by atoms with Crippen molar-refractivity contribution in [3.05, 3.63) is 23.0 Å². The van der Waals surface area contributed by atoms with Crippen molar-refractivity contribution in [2.75, 3.05) is 0 Å². The Labute approximate surface area is 113 Å². The Morgan fingerprint density at radius 2 is 2.00 bits per heavy atom. The smallest absolute Gasteiger partial charge is 0.768 e. The van der Waals surface area contributed by atoms with Crippen LogP contribution in [0, 0.1) is 0 Å². The molecular weight excluding hydrogens is 266 g/mol. The first-order valence-electron chi connectivity index (χ1n) is 3.14. The minimum absolute atomic E-state index is 0. The number of pyridine rings is 1. The molecule has 0 saturated heterocycles. The Kier molecular flexibility index (Phi) is 5.73. The van der Waals surface area contributed by atoms with E-state index in [0.29, 0.717) is 12.3 Å². The van der Waals surface area contributed by atoms with E-state index in [1.54, 1.807) is 0 Å². The molecule has 1 aromatic rings. The van der Waals surface area contributed by atoms with E-state index in [-0.39, 0.29) is 29.6 Å². The second-order valence-corrected chi connectivity index (χ2v) is 3.53. The summed E-state index contributed by atoms with van der Waals surface area (Å²) in [6.45, 7) is 0. The maximum atomic E-state index is 12.2. The average Bonchev–Trinajstić information content (AvgIpc) is 2.01. The minimum atomic E-state index is -4.76. The van der Waals surface area contributed by atoms with Crippen LogP contribution in [0.15, 0.2) is 17.2 Å². The Morgan fingerprint density at radius 1 is 1.47 bits per heavy atom. The number of halogens is 4. The van der Waals surface area contributed by atoms with Gasteiger partial charge in [-0.3, -0.25) is 4.21 Å². The van der Waals surface area contributed by atoms with Gasteiger partial charge in [0.25, 0.3) is 0 Å². The maximum Gasteiger partial charge on any atom is 1.00 e. The molecule has 78 valence electrons. The van der Waals surface area contributed by atoms with Crippen molar-refractivity contribution < 1.29 is 51.5 Å². The number of rotatable bonds is 1.